The van der Waals surface area contributed by atoms with Crippen molar-refractivity contribution in [2.75, 3.05) is 6.54 Å². The smallest absolute Gasteiger partial charge is 0.265 e. The number of para-hydroxylation sites is 1. The van der Waals surface area contributed by atoms with Crippen LogP contribution in [0.1, 0.15) is 32.3 Å². The number of nitrogens with zero attached hydrogens (tertiary/aromatic N) is 2. The molecule has 25 heavy (non-hydrogen) atoms. The number of amides is 2. The molecule has 1 aromatic heterocycles. The topological polar surface area (TPSA) is 54.3 Å². The molecule has 0 spiro atoms. The van der Waals surface area contributed by atoms with E-state index in [-0.39, 0.29) is 16.6 Å². The zero-order chi connectivity index (χ0) is 18.0. The number of fused-ring (bicyclic) bond motifs is 1. The average molecular weight is 355 g/mol. The Kier molecular flexibility index (Phi) is 4.99. The summed E-state index contributed by atoms with van der Waals surface area (Å²) in [6.07, 6.45) is 5.43. The third-order valence-electron chi connectivity index (χ3n) is 4.38. The Morgan fingerprint density at radius 2 is 1.96 bits per heavy atom. The lowest BCUT2D eigenvalue weighted by molar-refractivity contribution is -0.128. The van der Waals surface area contributed by atoms with Gasteiger partial charge >= 0.3 is 0 Å². The summed E-state index contributed by atoms with van der Waals surface area (Å²) in [5, 5.41) is 3.84. The fourth-order valence-corrected chi connectivity index (χ4v) is 3.29. The van der Waals surface area contributed by atoms with Gasteiger partial charge in [0.1, 0.15) is 5.57 Å². The second kappa shape index (κ2) is 7.19. The first kappa shape index (κ1) is 17.4. The Labute approximate surface area is 152 Å². The van der Waals surface area contributed by atoms with Gasteiger partial charge in [-0.05, 0) is 37.7 Å². The third-order valence-corrected chi connectivity index (χ3v) is 4.70. The van der Waals surface area contributed by atoms with Crippen molar-refractivity contribution in [1.29, 1.82) is 0 Å². The Morgan fingerprint density at radius 1 is 1.20 bits per heavy atom. The van der Waals surface area contributed by atoms with Crippen LogP contribution in [0.5, 0.6) is 0 Å². The molecule has 0 radical (unpaired) electrons. The summed E-state index contributed by atoms with van der Waals surface area (Å²) >= 11 is 5.15. The number of carbonyl (C=O) groups excluding carboxylic acids is 2. The number of carbonyl (C=O) groups is 2. The standard InChI is InChI=1S/C19H21N3O2S/c1-3-5-10-22-18(24)15(17(23)20-19(22)25)11-13-12-21(4-2)16-9-7-6-8-14(13)16/h6-9,11-12H,3-5,10H2,1-2H3,(H,20,23,25)/b15-11+. The van der Waals surface area contributed by atoms with Crippen molar-refractivity contribution in [3.8, 4) is 0 Å². The Hall–Kier alpha value is -2.47. The molecule has 0 aliphatic carbocycles. The zero-order valence-electron chi connectivity index (χ0n) is 14.4. The van der Waals surface area contributed by atoms with Crippen LogP contribution in [0.15, 0.2) is 36.0 Å². The van der Waals surface area contributed by atoms with Crippen LogP contribution in [0.2, 0.25) is 0 Å². The lowest BCUT2D eigenvalue weighted by Gasteiger charge is -2.28. The lowest BCUT2D eigenvalue weighted by Crippen LogP contribution is -2.54. The van der Waals surface area contributed by atoms with Gasteiger partial charge in [0.15, 0.2) is 5.11 Å². The molecular formula is C19H21N3O2S. The minimum atomic E-state index is -0.434. The van der Waals surface area contributed by atoms with Gasteiger partial charge in [-0.2, -0.15) is 0 Å². The molecule has 2 heterocycles. The molecule has 1 N–H and O–H groups in total. The lowest BCUT2D eigenvalue weighted by atomic mass is 10.1. The van der Waals surface area contributed by atoms with E-state index in [1.165, 1.54) is 4.90 Å². The van der Waals surface area contributed by atoms with Crippen LogP contribution in [0.3, 0.4) is 0 Å². The van der Waals surface area contributed by atoms with E-state index in [4.69, 9.17) is 12.2 Å². The van der Waals surface area contributed by atoms with Crippen LogP contribution in [0.4, 0.5) is 0 Å². The van der Waals surface area contributed by atoms with Crippen molar-refractivity contribution in [2.24, 2.45) is 0 Å². The fourth-order valence-electron chi connectivity index (χ4n) is 3.02. The average Bonchev–Trinajstić information content (AvgIpc) is 2.96. The number of hydrogen-bond donors (Lipinski definition) is 1. The molecule has 130 valence electrons. The highest BCUT2D eigenvalue weighted by Crippen LogP contribution is 2.25. The van der Waals surface area contributed by atoms with E-state index in [9.17, 15) is 9.59 Å². The van der Waals surface area contributed by atoms with E-state index in [0.29, 0.717) is 6.54 Å². The molecular weight excluding hydrogens is 334 g/mol. The minimum Gasteiger partial charge on any atom is -0.347 e. The summed E-state index contributed by atoms with van der Waals surface area (Å²) in [5.41, 5.74) is 2.07. The first-order valence-corrected chi connectivity index (χ1v) is 8.94. The number of rotatable bonds is 5. The summed E-state index contributed by atoms with van der Waals surface area (Å²) in [6, 6.07) is 7.97. The highest BCUT2D eigenvalue weighted by atomic mass is 32.1. The molecule has 1 saturated heterocycles. The van der Waals surface area contributed by atoms with Gasteiger partial charge in [-0.1, -0.05) is 31.5 Å². The summed E-state index contributed by atoms with van der Waals surface area (Å²) < 4.78 is 2.10. The molecule has 0 saturated carbocycles. The molecule has 5 nitrogen and oxygen atoms in total. The van der Waals surface area contributed by atoms with Crippen LogP contribution in [-0.4, -0.2) is 32.9 Å². The third kappa shape index (κ3) is 3.22. The van der Waals surface area contributed by atoms with E-state index in [0.717, 1.165) is 35.9 Å². The number of aromatic nitrogens is 1. The molecule has 1 fully saturated rings. The van der Waals surface area contributed by atoms with Gasteiger partial charge in [0.25, 0.3) is 11.8 Å². The molecule has 2 aromatic rings. The van der Waals surface area contributed by atoms with Gasteiger partial charge in [-0.3, -0.25) is 19.8 Å². The van der Waals surface area contributed by atoms with Gasteiger partial charge in [0.2, 0.25) is 0 Å². The van der Waals surface area contributed by atoms with Crippen molar-refractivity contribution in [2.45, 2.75) is 33.2 Å². The van der Waals surface area contributed by atoms with Crippen LogP contribution in [-0.2, 0) is 16.1 Å². The normalized spacial score (nSPS) is 16.8. The summed E-state index contributed by atoms with van der Waals surface area (Å²) in [5.74, 6) is -0.758. The van der Waals surface area contributed by atoms with Gasteiger partial charge in [0.05, 0.1) is 0 Å². The quantitative estimate of drug-likeness (QED) is 0.509. The van der Waals surface area contributed by atoms with Gasteiger partial charge < -0.3 is 4.57 Å². The van der Waals surface area contributed by atoms with Crippen molar-refractivity contribution < 1.29 is 9.59 Å². The van der Waals surface area contributed by atoms with Crippen molar-refractivity contribution in [1.82, 2.24) is 14.8 Å². The number of unbranched alkanes of at least 4 members (excludes halogenated alkanes) is 1. The molecule has 0 bridgehead atoms. The van der Waals surface area contributed by atoms with E-state index in [2.05, 4.69) is 16.8 Å². The van der Waals surface area contributed by atoms with Crippen LogP contribution in [0.25, 0.3) is 17.0 Å². The second-order valence-electron chi connectivity index (χ2n) is 6.02. The zero-order valence-corrected chi connectivity index (χ0v) is 15.2. The number of hydrogen-bond acceptors (Lipinski definition) is 3. The van der Waals surface area contributed by atoms with E-state index in [1.54, 1.807) is 6.08 Å². The molecule has 0 unspecified atom stereocenters. The summed E-state index contributed by atoms with van der Waals surface area (Å²) in [6.45, 7) is 5.44. The first-order chi connectivity index (χ1) is 12.1. The molecule has 3 rings (SSSR count). The minimum absolute atomic E-state index is 0.128. The summed E-state index contributed by atoms with van der Waals surface area (Å²) in [7, 11) is 0. The summed E-state index contributed by atoms with van der Waals surface area (Å²) in [4.78, 5) is 26.6. The fraction of sp³-hybridized carbons (Fsp3) is 0.316. The molecule has 1 aliphatic heterocycles. The van der Waals surface area contributed by atoms with Gasteiger partial charge in [-0.25, -0.2) is 0 Å². The van der Waals surface area contributed by atoms with Gasteiger partial charge in [0, 0.05) is 35.8 Å². The second-order valence-corrected chi connectivity index (χ2v) is 6.40. The molecule has 1 aliphatic rings. The predicted molar refractivity (Wildman–Crippen MR) is 103 cm³/mol. The Balaban J connectivity index is 2.03. The first-order valence-electron chi connectivity index (χ1n) is 8.53. The van der Waals surface area contributed by atoms with Gasteiger partial charge in [-0.15, -0.1) is 0 Å². The molecule has 2 amide bonds. The van der Waals surface area contributed by atoms with E-state index in [1.807, 2.05) is 37.4 Å². The predicted octanol–water partition coefficient (Wildman–Crippen LogP) is 3.09. The highest BCUT2D eigenvalue weighted by molar-refractivity contribution is 7.80. The van der Waals surface area contributed by atoms with Crippen molar-refractivity contribution in [3.05, 3.63) is 41.6 Å². The molecule has 6 heteroatoms. The number of thiocarbonyl (C=S) groups is 1. The largest absolute Gasteiger partial charge is 0.347 e. The highest BCUT2D eigenvalue weighted by Gasteiger charge is 2.33. The maximum Gasteiger partial charge on any atom is 0.265 e. The number of nitrogens with one attached hydrogen (secondary N) is 1. The van der Waals surface area contributed by atoms with Crippen LogP contribution in [0, 0.1) is 0 Å². The van der Waals surface area contributed by atoms with Crippen LogP contribution < -0.4 is 5.32 Å². The van der Waals surface area contributed by atoms with Crippen molar-refractivity contribution >= 4 is 46.1 Å². The monoisotopic (exact) mass is 355 g/mol. The molecule has 0 atom stereocenters. The van der Waals surface area contributed by atoms with E-state index < -0.39 is 5.91 Å². The number of benzene rings is 1. The van der Waals surface area contributed by atoms with E-state index >= 15 is 0 Å². The maximum absolute atomic E-state index is 12.8. The SMILES string of the molecule is CCCCN1C(=O)/C(=C/c2cn(CC)c3ccccc23)C(=O)NC1=S. The molecule has 1 aromatic carbocycles. The van der Waals surface area contributed by atoms with Crippen LogP contribution >= 0.6 is 12.2 Å². The van der Waals surface area contributed by atoms with Crippen molar-refractivity contribution in [3.63, 3.8) is 0 Å². The Bertz CT molecular complexity index is 882. The Morgan fingerprint density at radius 3 is 2.68 bits per heavy atom. The number of aryl methyl sites for hydroxylation is 1. The maximum atomic E-state index is 12.8.